The molecule has 0 saturated carbocycles. The number of nitrogens with zero attached hydrogens (tertiary/aromatic N) is 1. The van der Waals surface area contributed by atoms with Gasteiger partial charge in [0.25, 0.3) is 0 Å². The Bertz CT molecular complexity index is 866. The largest absolute Gasteiger partial charge is 0.454 e. The molecule has 1 aliphatic rings. The predicted molar refractivity (Wildman–Crippen MR) is 106 cm³/mol. The molecular formula is C18H20ClF2N3O4S. The maximum atomic E-state index is 12.8. The van der Waals surface area contributed by atoms with E-state index in [-0.39, 0.29) is 25.6 Å². The normalized spacial score (nSPS) is 14.2. The molecule has 1 aliphatic heterocycles. The van der Waals surface area contributed by atoms with Gasteiger partial charge in [0.15, 0.2) is 17.5 Å². The second-order valence-corrected chi connectivity index (χ2v) is 7.67. The van der Waals surface area contributed by atoms with Crippen molar-refractivity contribution < 1.29 is 28.1 Å². The number of ether oxygens (including phenoxy) is 3. The second kappa shape index (κ2) is 9.95. The fourth-order valence-corrected chi connectivity index (χ4v) is 3.65. The summed E-state index contributed by atoms with van der Waals surface area (Å²) >= 11 is 7.18. The Morgan fingerprint density at radius 1 is 1.31 bits per heavy atom. The van der Waals surface area contributed by atoms with Gasteiger partial charge in [-0.15, -0.1) is 11.3 Å². The molecule has 1 aromatic carbocycles. The first-order valence-electron chi connectivity index (χ1n) is 8.79. The number of aliphatic hydroxyl groups is 1. The van der Waals surface area contributed by atoms with Crippen molar-refractivity contribution in [3.05, 3.63) is 39.0 Å². The number of hydrogen-bond acceptors (Lipinski definition) is 6. The SMILES string of the molecule is CCNC(=NCc1cc2c(cc1OC(F)F)OCO2)NCC(O)c1ccc(Cl)s1. The van der Waals surface area contributed by atoms with E-state index in [1.54, 1.807) is 18.2 Å². The summed E-state index contributed by atoms with van der Waals surface area (Å²) in [7, 11) is 0. The zero-order valence-corrected chi connectivity index (χ0v) is 17.0. The third kappa shape index (κ3) is 5.84. The Morgan fingerprint density at radius 2 is 2.07 bits per heavy atom. The highest BCUT2D eigenvalue weighted by molar-refractivity contribution is 7.16. The molecule has 11 heteroatoms. The lowest BCUT2D eigenvalue weighted by Gasteiger charge is -2.15. The summed E-state index contributed by atoms with van der Waals surface area (Å²) in [6.07, 6.45) is -0.764. The lowest BCUT2D eigenvalue weighted by Crippen LogP contribution is -2.39. The Balaban J connectivity index is 1.70. The molecule has 0 aliphatic carbocycles. The minimum absolute atomic E-state index is 0.0188. The van der Waals surface area contributed by atoms with Crippen LogP contribution in [-0.4, -0.2) is 37.6 Å². The molecule has 2 aromatic rings. The maximum absolute atomic E-state index is 12.8. The Kier molecular flexibility index (Phi) is 7.34. The summed E-state index contributed by atoms with van der Waals surface area (Å²) in [6.45, 7) is -0.242. The number of nitrogens with one attached hydrogen (secondary N) is 2. The molecule has 0 spiro atoms. The van der Waals surface area contributed by atoms with Crippen molar-refractivity contribution in [2.45, 2.75) is 26.2 Å². The number of fused-ring (bicyclic) bond motifs is 1. The van der Waals surface area contributed by atoms with E-state index in [1.807, 2.05) is 6.92 Å². The van der Waals surface area contributed by atoms with Gasteiger partial charge in [-0.2, -0.15) is 8.78 Å². The number of guanidine groups is 1. The minimum Gasteiger partial charge on any atom is -0.454 e. The highest BCUT2D eigenvalue weighted by Gasteiger charge is 2.20. The number of hydrogen-bond donors (Lipinski definition) is 3. The van der Waals surface area contributed by atoms with Crippen LogP contribution in [0.2, 0.25) is 4.34 Å². The molecular weight excluding hydrogens is 428 g/mol. The Labute approximate surface area is 175 Å². The first-order chi connectivity index (χ1) is 14.0. The highest BCUT2D eigenvalue weighted by atomic mass is 35.5. The van der Waals surface area contributed by atoms with Gasteiger partial charge in [-0.1, -0.05) is 11.6 Å². The van der Waals surface area contributed by atoms with Crippen molar-refractivity contribution in [2.75, 3.05) is 19.9 Å². The van der Waals surface area contributed by atoms with Crippen molar-refractivity contribution in [1.82, 2.24) is 10.6 Å². The number of alkyl halides is 2. The molecule has 3 rings (SSSR count). The van der Waals surface area contributed by atoms with Crippen LogP contribution in [0.1, 0.15) is 23.5 Å². The second-order valence-electron chi connectivity index (χ2n) is 5.93. The zero-order valence-electron chi connectivity index (χ0n) is 15.5. The van der Waals surface area contributed by atoms with E-state index in [0.717, 1.165) is 4.88 Å². The van der Waals surface area contributed by atoms with Crippen LogP contribution < -0.4 is 24.8 Å². The minimum atomic E-state index is -2.97. The van der Waals surface area contributed by atoms with E-state index in [1.165, 1.54) is 17.4 Å². The first kappa shape index (κ1) is 21.4. The molecule has 2 heterocycles. The number of aliphatic imine (C=N–C) groups is 1. The summed E-state index contributed by atoms with van der Waals surface area (Å²) in [5, 5.41) is 16.3. The zero-order chi connectivity index (χ0) is 20.8. The summed E-state index contributed by atoms with van der Waals surface area (Å²) in [5.74, 6) is 1.17. The Morgan fingerprint density at radius 3 is 2.72 bits per heavy atom. The van der Waals surface area contributed by atoms with Gasteiger partial charge in [0, 0.05) is 29.6 Å². The van der Waals surface area contributed by atoms with Crippen molar-refractivity contribution in [1.29, 1.82) is 0 Å². The van der Waals surface area contributed by atoms with Crippen LogP contribution in [0.25, 0.3) is 0 Å². The average molecular weight is 448 g/mol. The topological polar surface area (TPSA) is 84.3 Å². The number of benzene rings is 1. The summed E-state index contributed by atoms with van der Waals surface area (Å²) in [4.78, 5) is 5.11. The lowest BCUT2D eigenvalue weighted by atomic mass is 10.1. The van der Waals surface area contributed by atoms with Crippen LogP contribution in [0.5, 0.6) is 17.2 Å². The highest BCUT2D eigenvalue weighted by Crippen LogP contribution is 2.39. The summed E-state index contributed by atoms with van der Waals surface area (Å²) < 4.78 is 41.2. The van der Waals surface area contributed by atoms with Crippen LogP contribution in [-0.2, 0) is 6.54 Å². The van der Waals surface area contributed by atoms with Gasteiger partial charge in [-0.25, -0.2) is 4.99 Å². The molecule has 3 N–H and O–H groups in total. The van der Waals surface area contributed by atoms with Crippen molar-refractivity contribution >= 4 is 28.9 Å². The van der Waals surface area contributed by atoms with Crippen molar-refractivity contribution in [3.8, 4) is 17.2 Å². The standard InChI is InChI=1S/C18H20ClF2N3O4S/c1-2-22-18(24-8-11(25)15-3-4-16(19)29-15)23-7-10-5-13-14(27-9-26-13)6-12(10)28-17(20)21/h3-6,11,17,25H,2,7-9H2,1H3,(H2,22,23,24). The smallest absolute Gasteiger partial charge is 0.387 e. The molecule has 0 radical (unpaired) electrons. The van der Waals surface area contributed by atoms with Gasteiger partial charge < -0.3 is 30.0 Å². The molecule has 1 unspecified atom stereocenters. The van der Waals surface area contributed by atoms with E-state index in [4.69, 9.17) is 21.1 Å². The fraction of sp³-hybridized carbons (Fsp3) is 0.389. The molecule has 1 atom stereocenters. The van der Waals surface area contributed by atoms with Crippen LogP contribution in [0.15, 0.2) is 29.3 Å². The van der Waals surface area contributed by atoms with E-state index in [2.05, 4.69) is 20.4 Å². The van der Waals surface area contributed by atoms with Crippen molar-refractivity contribution in [3.63, 3.8) is 0 Å². The van der Waals surface area contributed by atoms with E-state index >= 15 is 0 Å². The molecule has 158 valence electrons. The molecule has 1 aromatic heterocycles. The van der Waals surface area contributed by atoms with Crippen LogP contribution in [0.4, 0.5) is 8.78 Å². The van der Waals surface area contributed by atoms with Crippen LogP contribution in [0, 0.1) is 0 Å². The summed E-state index contributed by atoms with van der Waals surface area (Å²) in [6, 6.07) is 6.40. The monoisotopic (exact) mass is 447 g/mol. The fourth-order valence-electron chi connectivity index (χ4n) is 2.60. The molecule has 0 fully saturated rings. The van der Waals surface area contributed by atoms with Crippen LogP contribution in [0.3, 0.4) is 0 Å². The number of rotatable bonds is 8. The summed E-state index contributed by atoms with van der Waals surface area (Å²) in [5.41, 5.74) is 0.414. The lowest BCUT2D eigenvalue weighted by molar-refractivity contribution is -0.0505. The van der Waals surface area contributed by atoms with Gasteiger partial charge in [0.05, 0.1) is 10.9 Å². The quantitative estimate of drug-likeness (QED) is 0.424. The van der Waals surface area contributed by atoms with E-state index < -0.39 is 12.7 Å². The third-order valence-corrected chi connectivity index (χ3v) is 5.24. The van der Waals surface area contributed by atoms with Crippen molar-refractivity contribution in [2.24, 2.45) is 4.99 Å². The van der Waals surface area contributed by atoms with Crippen LogP contribution >= 0.6 is 22.9 Å². The number of aliphatic hydroxyl groups excluding tert-OH is 1. The molecule has 0 amide bonds. The predicted octanol–water partition coefficient (Wildman–Crippen LogP) is 3.52. The van der Waals surface area contributed by atoms with Gasteiger partial charge in [-0.3, -0.25) is 0 Å². The van der Waals surface area contributed by atoms with E-state index in [9.17, 15) is 13.9 Å². The van der Waals surface area contributed by atoms with E-state index in [0.29, 0.717) is 33.9 Å². The number of halogens is 3. The number of thiophene rings is 1. The molecule has 29 heavy (non-hydrogen) atoms. The maximum Gasteiger partial charge on any atom is 0.387 e. The van der Waals surface area contributed by atoms with Gasteiger partial charge in [-0.05, 0) is 25.1 Å². The molecule has 7 nitrogen and oxygen atoms in total. The van der Waals surface area contributed by atoms with Gasteiger partial charge in [0.2, 0.25) is 6.79 Å². The third-order valence-electron chi connectivity index (χ3n) is 3.91. The first-order valence-corrected chi connectivity index (χ1v) is 9.98. The van der Waals surface area contributed by atoms with Gasteiger partial charge in [0.1, 0.15) is 11.9 Å². The molecule has 0 saturated heterocycles. The molecule has 0 bridgehead atoms. The van der Waals surface area contributed by atoms with Gasteiger partial charge >= 0.3 is 6.61 Å². The average Bonchev–Trinajstić information content (AvgIpc) is 3.31. The Hall–Kier alpha value is -2.30.